The van der Waals surface area contributed by atoms with Gasteiger partial charge in [-0.2, -0.15) is 0 Å². The maximum absolute atomic E-state index is 13.6. The number of fused-ring (bicyclic) bond motifs is 2. The van der Waals surface area contributed by atoms with Crippen LogP contribution in [0.15, 0.2) is 45.6 Å². The van der Waals surface area contributed by atoms with Crippen LogP contribution in [-0.2, 0) is 4.74 Å². The van der Waals surface area contributed by atoms with Gasteiger partial charge in [0.25, 0.3) is 5.91 Å². The molecule has 0 N–H and O–H groups in total. The van der Waals surface area contributed by atoms with E-state index in [0.717, 1.165) is 24.0 Å². The molecule has 1 amide bonds. The fraction of sp³-hybridized carbons (Fsp3) is 0.385. The van der Waals surface area contributed by atoms with Gasteiger partial charge in [-0.1, -0.05) is 37.1 Å². The van der Waals surface area contributed by atoms with Crippen LogP contribution in [0.2, 0.25) is 5.02 Å². The Morgan fingerprint density at radius 3 is 2.70 bits per heavy atom. The summed E-state index contributed by atoms with van der Waals surface area (Å²) in [5.74, 6) is 0.506. The number of hydrogen-bond acceptors (Lipinski definition) is 5. The molecule has 1 aromatic heterocycles. The van der Waals surface area contributed by atoms with Gasteiger partial charge in [0.1, 0.15) is 11.3 Å². The zero-order valence-corrected chi connectivity index (χ0v) is 19.9. The average Bonchev–Trinajstić information content (AvgIpc) is 3.08. The summed E-state index contributed by atoms with van der Waals surface area (Å²) < 4.78 is 17.1. The number of unbranched alkanes of at least 4 members (excludes halogenated alkanes) is 1. The number of methoxy groups -OCH3 is 1. The number of halogens is 1. The van der Waals surface area contributed by atoms with E-state index in [-0.39, 0.29) is 17.1 Å². The van der Waals surface area contributed by atoms with Crippen LogP contribution >= 0.6 is 11.6 Å². The largest absolute Gasteiger partial charge is 0.494 e. The summed E-state index contributed by atoms with van der Waals surface area (Å²) in [4.78, 5) is 28.7. The summed E-state index contributed by atoms with van der Waals surface area (Å²) in [5.41, 5.74) is 2.05. The van der Waals surface area contributed by atoms with Crippen molar-refractivity contribution in [2.75, 3.05) is 26.9 Å². The van der Waals surface area contributed by atoms with Crippen molar-refractivity contribution in [2.45, 2.75) is 39.2 Å². The molecule has 3 aromatic rings. The van der Waals surface area contributed by atoms with Gasteiger partial charge in [-0.25, -0.2) is 0 Å². The Hall–Kier alpha value is -2.83. The molecule has 4 rings (SSSR count). The van der Waals surface area contributed by atoms with E-state index < -0.39 is 6.04 Å². The van der Waals surface area contributed by atoms with Gasteiger partial charge in [-0.05, 0) is 55.2 Å². The Balaban J connectivity index is 1.84. The van der Waals surface area contributed by atoms with Crippen molar-refractivity contribution < 1.29 is 18.7 Å². The van der Waals surface area contributed by atoms with E-state index in [2.05, 4.69) is 6.92 Å². The molecule has 0 spiro atoms. The molecule has 7 heteroatoms. The van der Waals surface area contributed by atoms with Crippen molar-refractivity contribution in [3.05, 3.63) is 74.1 Å². The lowest BCUT2D eigenvalue weighted by Crippen LogP contribution is -2.31. The number of carbonyl (C=O) groups is 1. The third-order valence-electron chi connectivity index (χ3n) is 5.93. The lowest BCUT2D eigenvalue weighted by Gasteiger charge is -2.25. The van der Waals surface area contributed by atoms with E-state index in [1.807, 2.05) is 31.2 Å². The maximum Gasteiger partial charge on any atom is 0.290 e. The quantitative estimate of drug-likeness (QED) is 0.386. The molecule has 0 fully saturated rings. The second-order valence-electron chi connectivity index (χ2n) is 8.29. The van der Waals surface area contributed by atoms with Gasteiger partial charge in [-0.15, -0.1) is 0 Å². The van der Waals surface area contributed by atoms with E-state index >= 15 is 0 Å². The molecule has 0 saturated carbocycles. The molecule has 0 bridgehead atoms. The number of nitrogens with zero attached hydrogens (tertiary/aromatic N) is 1. The fourth-order valence-corrected chi connectivity index (χ4v) is 4.37. The first kappa shape index (κ1) is 23.3. The molecule has 1 atom stereocenters. The second-order valence-corrected chi connectivity index (χ2v) is 8.70. The minimum atomic E-state index is -0.570. The Kier molecular flexibility index (Phi) is 7.05. The molecule has 0 radical (unpaired) electrons. The molecule has 1 aliphatic heterocycles. The number of hydrogen-bond donors (Lipinski definition) is 0. The van der Waals surface area contributed by atoms with Crippen LogP contribution in [0.4, 0.5) is 0 Å². The van der Waals surface area contributed by atoms with Crippen LogP contribution in [0.1, 0.15) is 59.5 Å². The molecular formula is C26H28ClNO5. The van der Waals surface area contributed by atoms with Gasteiger partial charge < -0.3 is 18.8 Å². The van der Waals surface area contributed by atoms with Crippen LogP contribution in [0.3, 0.4) is 0 Å². The topological polar surface area (TPSA) is 69.0 Å². The zero-order valence-electron chi connectivity index (χ0n) is 19.2. The smallest absolute Gasteiger partial charge is 0.290 e. The van der Waals surface area contributed by atoms with Gasteiger partial charge in [0.2, 0.25) is 5.76 Å². The van der Waals surface area contributed by atoms with Gasteiger partial charge in [0, 0.05) is 25.3 Å². The normalized spacial score (nSPS) is 15.3. The summed E-state index contributed by atoms with van der Waals surface area (Å²) >= 11 is 6.30. The number of aryl methyl sites for hydroxylation is 1. The highest BCUT2D eigenvalue weighted by Gasteiger charge is 2.42. The maximum atomic E-state index is 13.6. The number of benzene rings is 2. The predicted molar refractivity (Wildman–Crippen MR) is 128 cm³/mol. The molecule has 2 heterocycles. The van der Waals surface area contributed by atoms with Crippen LogP contribution in [-0.4, -0.2) is 37.7 Å². The standard InChI is InChI=1S/C26H28ClNO5/c1-4-5-12-32-18-9-6-8-17(14-18)23-22-24(29)19-15-20(27)16(2)13-21(19)33-25(22)26(30)28(23)10-7-11-31-3/h6,8-9,13-15,23H,4-5,7,10-12H2,1-3H3. The molecule has 0 saturated heterocycles. The van der Waals surface area contributed by atoms with Crippen LogP contribution in [0, 0.1) is 6.92 Å². The minimum absolute atomic E-state index is 0.0916. The SMILES string of the molecule is CCCCOc1cccc(C2c3c(oc4cc(C)c(Cl)cc4c3=O)C(=O)N2CCCOC)c1. The molecule has 174 valence electrons. The molecule has 33 heavy (non-hydrogen) atoms. The molecule has 1 unspecified atom stereocenters. The first-order chi connectivity index (χ1) is 16.0. The predicted octanol–water partition coefficient (Wildman–Crippen LogP) is 5.52. The van der Waals surface area contributed by atoms with E-state index in [1.165, 1.54) is 0 Å². The lowest BCUT2D eigenvalue weighted by molar-refractivity contribution is 0.0707. The van der Waals surface area contributed by atoms with Gasteiger partial charge >= 0.3 is 0 Å². The monoisotopic (exact) mass is 469 g/mol. The van der Waals surface area contributed by atoms with E-state index in [4.69, 9.17) is 25.5 Å². The summed E-state index contributed by atoms with van der Waals surface area (Å²) in [6, 6.07) is 10.3. The van der Waals surface area contributed by atoms with E-state index in [1.54, 1.807) is 24.1 Å². The number of ether oxygens (including phenoxy) is 2. The van der Waals surface area contributed by atoms with Crippen molar-refractivity contribution in [2.24, 2.45) is 0 Å². The Bertz CT molecular complexity index is 1240. The van der Waals surface area contributed by atoms with Gasteiger partial charge in [0.15, 0.2) is 5.43 Å². The van der Waals surface area contributed by atoms with Crippen molar-refractivity contribution in [1.29, 1.82) is 0 Å². The first-order valence-corrected chi connectivity index (χ1v) is 11.6. The molecule has 6 nitrogen and oxygen atoms in total. The Morgan fingerprint density at radius 2 is 1.94 bits per heavy atom. The Labute approximate surface area is 198 Å². The van der Waals surface area contributed by atoms with Crippen molar-refractivity contribution >= 4 is 28.5 Å². The first-order valence-electron chi connectivity index (χ1n) is 11.3. The van der Waals surface area contributed by atoms with E-state index in [0.29, 0.717) is 53.5 Å². The van der Waals surface area contributed by atoms with Crippen molar-refractivity contribution in [3.8, 4) is 5.75 Å². The lowest BCUT2D eigenvalue weighted by atomic mass is 9.98. The molecule has 0 aliphatic carbocycles. The zero-order chi connectivity index (χ0) is 23.5. The molecule has 2 aromatic carbocycles. The third kappa shape index (κ3) is 4.50. The second kappa shape index (κ2) is 9.98. The summed E-state index contributed by atoms with van der Waals surface area (Å²) in [6.07, 6.45) is 2.62. The fourth-order valence-electron chi connectivity index (χ4n) is 4.21. The Morgan fingerprint density at radius 1 is 1.12 bits per heavy atom. The summed E-state index contributed by atoms with van der Waals surface area (Å²) in [7, 11) is 1.62. The van der Waals surface area contributed by atoms with Crippen molar-refractivity contribution in [3.63, 3.8) is 0 Å². The summed E-state index contributed by atoms with van der Waals surface area (Å²) in [6.45, 7) is 5.49. The van der Waals surface area contributed by atoms with Crippen LogP contribution in [0.25, 0.3) is 11.0 Å². The number of amides is 1. The third-order valence-corrected chi connectivity index (χ3v) is 6.34. The molecular weight excluding hydrogens is 442 g/mol. The molecule has 1 aliphatic rings. The summed E-state index contributed by atoms with van der Waals surface area (Å²) in [5, 5.41) is 0.857. The average molecular weight is 470 g/mol. The highest BCUT2D eigenvalue weighted by atomic mass is 35.5. The highest BCUT2D eigenvalue weighted by Crippen LogP contribution is 2.39. The van der Waals surface area contributed by atoms with Crippen LogP contribution in [0.5, 0.6) is 5.75 Å². The van der Waals surface area contributed by atoms with E-state index in [9.17, 15) is 9.59 Å². The van der Waals surface area contributed by atoms with Crippen molar-refractivity contribution in [1.82, 2.24) is 4.90 Å². The number of carbonyl (C=O) groups excluding carboxylic acids is 1. The van der Waals surface area contributed by atoms with Crippen LogP contribution < -0.4 is 10.2 Å². The minimum Gasteiger partial charge on any atom is -0.494 e. The van der Waals surface area contributed by atoms with Gasteiger partial charge in [-0.3, -0.25) is 9.59 Å². The number of rotatable bonds is 9. The van der Waals surface area contributed by atoms with Gasteiger partial charge in [0.05, 0.1) is 23.6 Å². The highest BCUT2D eigenvalue weighted by molar-refractivity contribution is 6.32.